The van der Waals surface area contributed by atoms with Crippen LogP contribution in [-0.4, -0.2) is 11.0 Å². The number of nitrogen functional groups attached to an aromatic ring is 1. The fourth-order valence-corrected chi connectivity index (χ4v) is 3.39. The van der Waals surface area contributed by atoms with E-state index in [1.165, 1.54) is 25.7 Å². The Bertz CT molecular complexity index is 541. The van der Waals surface area contributed by atoms with Gasteiger partial charge in [-0.15, -0.1) is 11.3 Å². The summed E-state index contributed by atoms with van der Waals surface area (Å²) in [5, 5.41) is 3.59. The van der Waals surface area contributed by atoms with E-state index in [0.717, 1.165) is 27.5 Å². The van der Waals surface area contributed by atoms with E-state index >= 15 is 0 Å². The van der Waals surface area contributed by atoms with Crippen LogP contribution in [0.3, 0.4) is 0 Å². The fraction of sp³-hybridized carbons (Fsp3) is 0.500. The molecule has 0 aliphatic heterocycles. The molecule has 0 unspecified atom stereocenters. The van der Waals surface area contributed by atoms with Crippen LogP contribution in [0.4, 0.5) is 11.4 Å². The average molecular weight is 261 g/mol. The molecule has 1 aliphatic rings. The van der Waals surface area contributed by atoms with Gasteiger partial charge in [0, 0.05) is 6.04 Å². The van der Waals surface area contributed by atoms with E-state index in [2.05, 4.69) is 29.4 Å². The summed E-state index contributed by atoms with van der Waals surface area (Å²) < 4.78 is 1.16. The van der Waals surface area contributed by atoms with Crippen molar-refractivity contribution in [3.63, 3.8) is 0 Å². The van der Waals surface area contributed by atoms with Crippen LogP contribution in [-0.2, 0) is 0 Å². The zero-order valence-corrected chi connectivity index (χ0v) is 11.5. The average Bonchev–Trinajstić information content (AvgIpc) is 2.84. The lowest BCUT2D eigenvalue weighted by molar-refractivity contribution is 0.361. The molecule has 18 heavy (non-hydrogen) atoms. The molecule has 0 amide bonds. The molecule has 2 aromatic rings. The number of nitrogens with two attached hydrogens (primary N) is 1. The molecule has 0 radical (unpaired) electrons. The second kappa shape index (κ2) is 4.76. The Hall–Kier alpha value is -1.29. The summed E-state index contributed by atoms with van der Waals surface area (Å²) in [7, 11) is 0. The first kappa shape index (κ1) is 11.8. The molecule has 0 bridgehead atoms. The topological polar surface area (TPSA) is 50.9 Å². The minimum atomic E-state index is 0.569. The molecule has 96 valence electrons. The molecule has 1 fully saturated rings. The van der Waals surface area contributed by atoms with Crippen LogP contribution >= 0.6 is 11.3 Å². The zero-order valence-electron chi connectivity index (χ0n) is 10.6. The minimum Gasteiger partial charge on any atom is -0.395 e. The van der Waals surface area contributed by atoms with Crippen molar-refractivity contribution in [1.29, 1.82) is 0 Å². The summed E-state index contributed by atoms with van der Waals surface area (Å²) in [6.07, 6.45) is 5.12. The first-order valence-electron chi connectivity index (χ1n) is 6.62. The van der Waals surface area contributed by atoms with Gasteiger partial charge < -0.3 is 11.1 Å². The van der Waals surface area contributed by atoms with E-state index in [-0.39, 0.29) is 0 Å². The highest BCUT2D eigenvalue weighted by Gasteiger charge is 2.19. The van der Waals surface area contributed by atoms with E-state index in [4.69, 9.17) is 5.73 Å². The van der Waals surface area contributed by atoms with Gasteiger partial charge in [0.2, 0.25) is 0 Å². The Labute approximate surface area is 111 Å². The zero-order chi connectivity index (χ0) is 12.5. The van der Waals surface area contributed by atoms with Crippen LogP contribution in [0.15, 0.2) is 17.6 Å². The number of anilines is 2. The van der Waals surface area contributed by atoms with Crippen LogP contribution in [0.5, 0.6) is 0 Å². The van der Waals surface area contributed by atoms with E-state index in [1.54, 1.807) is 11.3 Å². The van der Waals surface area contributed by atoms with E-state index in [0.29, 0.717) is 6.04 Å². The lowest BCUT2D eigenvalue weighted by Crippen LogP contribution is -2.25. The Balaban J connectivity index is 1.80. The van der Waals surface area contributed by atoms with Gasteiger partial charge in [0.15, 0.2) is 0 Å². The highest BCUT2D eigenvalue weighted by Crippen LogP contribution is 2.32. The molecular formula is C14H19N3S. The SMILES string of the molecule is CC1CCC(Nc2ccc3scnc3c2N)CC1. The predicted molar refractivity (Wildman–Crippen MR) is 79.1 cm³/mol. The van der Waals surface area contributed by atoms with E-state index < -0.39 is 0 Å². The number of benzene rings is 1. The molecule has 4 heteroatoms. The Morgan fingerprint density at radius 2 is 2.06 bits per heavy atom. The molecule has 0 saturated heterocycles. The van der Waals surface area contributed by atoms with Gasteiger partial charge >= 0.3 is 0 Å². The van der Waals surface area contributed by atoms with Crippen LogP contribution in [0.1, 0.15) is 32.6 Å². The number of thiazole rings is 1. The van der Waals surface area contributed by atoms with Crippen molar-refractivity contribution >= 4 is 32.9 Å². The minimum absolute atomic E-state index is 0.569. The van der Waals surface area contributed by atoms with Crippen molar-refractivity contribution in [2.45, 2.75) is 38.6 Å². The highest BCUT2D eigenvalue weighted by molar-refractivity contribution is 7.16. The van der Waals surface area contributed by atoms with Gasteiger partial charge in [0.1, 0.15) is 5.52 Å². The fourth-order valence-electron chi connectivity index (χ4n) is 2.70. The monoisotopic (exact) mass is 261 g/mol. The Morgan fingerprint density at radius 3 is 2.83 bits per heavy atom. The standard InChI is InChI=1S/C14H19N3S/c1-9-2-4-10(5-3-9)17-11-6-7-12-14(13(11)15)16-8-18-12/h6-10,17H,2-5,15H2,1H3. The molecule has 3 nitrogen and oxygen atoms in total. The van der Waals surface area contributed by atoms with Gasteiger partial charge in [-0.25, -0.2) is 4.98 Å². The van der Waals surface area contributed by atoms with Gasteiger partial charge in [-0.2, -0.15) is 0 Å². The molecule has 1 aliphatic carbocycles. The summed E-state index contributed by atoms with van der Waals surface area (Å²) in [4.78, 5) is 4.34. The maximum absolute atomic E-state index is 6.19. The van der Waals surface area contributed by atoms with Crippen molar-refractivity contribution in [2.24, 2.45) is 5.92 Å². The van der Waals surface area contributed by atoms with Crippen molar-refractivity contribution in [3.05, 3.63) is 17.6 Å². The number of fused-ring (bicyclic) bond motifs is 1. The third-order valence-corrected chi connectivity index (χ3v) is 4.71. The van der Waals surface area contributed by atoms with Crippen LogP contribution in [0.25, 0.3) is 10.2 Å². The van der Waals surface area contributed by atoms with Gasteiger partial charge in [-0.05, 0) is 43.7 Å². The van der Waals surface area contributed by atoms with Crippen LogP contribution in [0, 0.1) is 5.92 Å². The Kier molecular flexibility index (Phi) is 3.12. The first-order valence-corrected chi connectivity index (χ1v) is 7.50. The van der Waals surface area contributed by atoms with E-state index in [9.17, 15) is 0 Å². The van der Waals surface area contributed by atoms with E-state index in [1.807, 2.05) is 5.51 Å². The summed E-state index contributed by atoms with van der Waals surface area (Å²) in [6, 6.07) is 4.77. The quantitative estimate of drug-likeness (QED) is 0.807. The van der Waals surface area contributed by atoms with Crippen LogP contribution in [0.2, 0.25) is 0 Å². The van der Waals surface area contributed by atoms with Crippen molar-refractivity contribution in [2.75, 3.05) is 11.1 Å². The molecule has 1 heterocycles. The van der Waals surface area contributed by atoms with Crippen LogP contribution < -0.4 is 11.1 Å². The maximum atomic E-state index is 6.19. The summed E-state index contributed by atoms with van der Waals surface area (Å²) in [5.74, 6) is 0.876. The Morgan fingerprint density at radius 1 is 1.28 bits per heavy atom. The molecule has 1 aromatic heterocycles. The second-order valence-electron chi connectivity index (χ2n) is 5.33. The first-order chi connectivity index (χ1) is 8.74. The van der Waals surface area contributed by atoms with Crippen molar-refractivity contribution in [1.82, 2.24) is 4.98 Å². The molecule has 0 spiro atoms. The van der Waals surface area contributed by atoms with Gasteiger partial charge in [-0.3, -0.25) is 0 Å². The molecule has 0 atom stereocenters. The van der Waals surface area contributed by atoms with Gasteiger partial charge in [-0.1, -0.05) is 6.92 Å². The maximum Gasteiger partial charge on any atom is 0.106 e. The molecular weight excluding hydrogens is 242 g/mol. The largest absolute Gasteiger partial charge is 0.395 e. The lowest BCUT2D eigenvalue weighted by Gasteiger charge is -2.28. The van der Waals surface area contributed by atoms with Gasteiger partial charge in [0.25, 0.3) is 0 Å². The predicted octanol–water partition coefficient (Wildman–Crippen LogP) is 3.87. The number of hydrogen-bond acceptors (Lipinski definition) is 4. The number of rotatable bonds is 2. The van der Waals surface area contributed by atoms with Gasteiger partial charge in [0.05, 0.1) is 21.6 Å². The third-order valence-electron chi connectivity index (χ3n) is 3.92. The number of aromatic nitrogens is 1. The third kappa shape index (κ3) is 2.17. The van der Waals surface area contributed by atoms with Crippen molar-refractivity contribution in [3.8, 4) is 0 Å². The summed E-state index contributed by atoms with van der Waals surface area (Å²) in [6.45, 7) is 2.34. The molecule has 1 saturated carbocycles. The molecule has 3 rings (SSSR count). The molecule has 3 N–H and O–H groups in total. The summed E-state index contributed by atoms with van der Waals surface area (Å²) in [5.41, 5.74) is 10.8. The normalized spacial score (nSPS) is 24.3. The number of nitrogens with zero attached hydrogens (tertiary/aromatic N) is 1. The number of nitrogens with one attached hydrogen (secondary N) is 1. The lowest BCUT2D eigenvalue weighted by atomic mass is 9.87. The highest BCUT2D eigenvalue weighted by atomic mass is 32.1. The van der Waals surface area contributed by atoms with Crippen molar-refractivity contribution < 1.29 is 0 Å². The number of hydrogen-bond donors (Lipinski definition) is 2. The molecule has 1 aromatic carbocycles. The summed E-state index contributed by atoms with van der Waals surface area (Å²) >= 11 is 1.64. The smallest absolute Gasteiger partial charge is 0.106 e. The second-order valence-corrected chi connectivity index (χ2v) is 6.21.